The first kappa shape index (κ1) is 17.0. The molecule has 0 spiro atoms. The summed E-state index contributed by atoms with van der Waals surface area (Å²) in [4.78, 5) is 21.6. The Morgan fingerprint density at radius 1 is 1.42 bits per heavy atom. The molecule has 1 aromatic heterocycles. The number of ether oxygens (including phenoxy) is 1. The number of methoxy groups -OCH3 is 1. The molecule has 0 saturated carbocycles. The highest BCUT2D eigenvalue weighted by atomic mass is 32.1. The second-order valence-electron chi connectivity index (χ2n) is 6.13. The van der Waals surface area contributed by atoms with E-state index in [0.717, 1.165) is 60.1 Å². The Balaban J connectivity index is 1.78. The molecule has 2 aromatic rings. The summed E-state index contributed by atoms with van der Waals surface area (Å²) in [6.45, 7) is 7.40. The fraction of sp³-hybridized carbons (Fsp3) is 0.556. The third-order valence-corrected chi connectivity index (χ3v) is 5.78. The van der Waals surface area contributed by atoms with Crippen LogP contribution in [-0.4, -0.2) is 49.1 Å². The van der Waals surface area contributed by atoms with Crippen molar-refractivity contribution in [2.24, 2.45) is 5.92 Å². The van der Waals surface area contributed by atoms with Gasteiger partial charge in [0.15, 0.2) is 5.13 Å². The van der Waals surface area contributed by atoms with Gasteiger partial charge >= 0.3 is 0 Å². The fourth-order valence-corrected chi connectivity index (χ4v) is 4.33. The first-order valence-corrected chi connectivity index (χ1v) is 9.46. The molecule has 6 heteroatoms. The second kappa shape index (κ2) is 7.38. The Labute approximate surface area is 147 Å². The molecule has 1 atom stereocenters. The van der Waals surface area contributed by atoms with Crippen molar-refractivity contribution in [1.29, 1.82) is 0 Å². The molecule has 3 rings (SSSR count). The van der Waals surface area contributed by atoms with Crippen molar-refractivity contribution < 1.29 is 9.53 Å². The van der Waals surface area contributed by atoms with E-state index in [9.17, 15) is 4.79 Å². The zero-order valence-corrected chi connectivity index (χ0v) is 15.4. The van der Waals surface area contributed by atoms with Crippen LogP contribution in [-0.2, 0) is 4.79 Å². The van der Waals surface area contributed by atoms with E-state index in [4.69, 9.17) is 9.72 Å². The SMILES string of the molecule is CCN(CC)C(=O)C1CCCN(c2nc3ccc(OC)cc3s2)C1. The van der Waals surface area contributed by atoms with Crippen LogP contribution in [0.2, 0.25) is 0 Å². The summed E-state index contributed by atoms with van der Waals surface area (Å²) in [5.41, 5.74) is 0.994. The molecule has 1 amide bonds. The van der Waals surface area contributed by atoms with Crippen LogP contribution in [0.4, 0.5) is 5.13 Å². The highest BCUT2D eigenvalue weighted by molar-refractivity contribution is 7.22. The molecular weight excluding hydrogens is 322 g/mol. The van der Waals surface area contributed by atoms with E-state index in [1.807, 2.05) is 36.9 Å². The van der Waals surface area contributed by atoms with Crippen LogP contribution in [0.5, 0.6) is 5.75 Å². The number of benzene rings is 1. The van der Waals surface area contributed by atoms with E-state index < -0.39 is 0 Å². The van der Waals surface area contributed by atoms with Crippen molar-refractivity contribution in [3.05, 3.63) is 18.2 Å². The number of piperidine rings is 1. The highest BCUT2D eigenvalue weighted by Crippen LogP contribution is 2.33. The molecule has 0 bridgehead atoms. The van der Waals surface area contributed by atoms with E-state index in [-0.39, 0.29) is 11.8 Å². The van der Waals surface area contributed by atoms with Crippen LogP contribution in [0.25, 0.3) is 10.2 Å². The van der Waals surface area contributed by atoms with Crippen molar-refractivity contribution in [3.8, 4) is 5.75 Å². The van der Waals surface area contributed by atoms with Crippen LogP contribution in [0.3, 0.4) is 0 Å². The van der Waals surface area contributed by atoms with Gasteiger partial charge in [0.05, 0.1) is 23.2 Å². The van der Waals surface area contributed by atoms with Gasteiger partial charge in [-0.3, -0.25) is 4.79 Å². The number of carbonyl (C=O) groups excluding carboxylic acids is 1. The van der Waals surface area contributed by atoms with E-state index >= 15 is 0 Å². The topological polar surface area (TPSA) is 45.7 Å². The quantitative estimate of drug-likeness (QED) is 0.832. The number of nitrogens with zero attached hydrogens (tertiary/aromatic N) is 3. The van der Waals surface area contributed by atoms with Crippen molar-refractivity contribution >= 4 is 32.6 Å². The molecule has 1 fully saturated rings. The van der Waals surface area contributed by atoms with E-state index in [2.05, 4.69) is 4.90 Å². The van der Waals surface area contributed by atoms with E-state index in [1.54, 1.807) is 18.4 Å². The molecule has 2 heterocycles. The minimum Gasteiger partial charge on any atom is -0.497 e. The zero-order chi connectivity index (χ0) is 17.1. The lowest BCUT2D eigenvalue weighted by Gasteiger charge is -2.34. The largest absolute Gasteiger partial charge is 0.497 e. The molecule has 1 unspecified atom stereocenters. The van der Waals surface area contributed by atoms with E-state index in [0.29, 0.717) is 0 Å². The summed E-state index contributed by atoms with van der Waals surface area (Å²) >= 11 is 1.68. The molecule has 5 nitrogen and oxygen atoms in total. The molecule has 130 valence electrons. The van der Waals surface area contributed by atoms with Gasteiger partial charge in [-0.05, 0) is 44.9 Å². The number of thiazole rings is 1. The maximum absolute atomic E-state index is 12.7. The minimum absolute atomic E-state index is 0.0835. The van der Waals surface area contributed by atoms with Crippen molar-refractivity contribution in [2.45, 2.75) is 26.7 Å². The standard InChI is InChI=1S/C18H25N3O2S/c1-4-20(5-2)17(22)13-7-6-10-21(12-13)18-19-15-9-8-14(23-3)11-16(15)24-18/h8-9,11,13H,4-7,10,12H2,1-3H3. The van der Waals surface area contributed by atoms with Crippen LogP contribution < -0.4 is 9.64 Å². The molecular formula is C18H25N3O2S. The van der Waals surface area contributed by atoms with Crippen LogP contribution in [0.1, 0.15) is 26.7 Å². The molecule has 1 aliphatic rings. The second-order valence-corrected chi connectivity index (χ2v) is 7.13. The average Bonchev–Trinajstić information content (AvgIpc) is 3.06. The first-order valence-electron chi connectivity index (χ1n) is 8.64. The molecule has 1 aromatic carbocycles. The Morgan fingerprint density at radius 3 is 2.92 bits per heavy atom. The van der Waals surface area contributed by atoms with Gasteiger partial charge in [0.1, 0.15) is 5.75 Å². The summed E-state index contributed by atoms with van der Waals surface area (Å²) in [5, 5.41) is 1.01. The third-order valence-electron chi connectivity index (χ3n) is 4.70. The van der Waals surface area contributed by atoms with Gasteiger partial charge in [0, 0.05) is 26.2 Å². The van der Waals surface area contributed by atoms with Crippen LogP contribution >= 0.6 is 11.3 Å². The van der Waals surface area contributed by atoms with Gasteiger partial charge in [0.25, 0.3) is 0 Å². The lowest BCUT2D eigenvalue weighted by molar-refractivity contribution is -0.135. The Kier molecular flexibility index (Phi) is 5.23. The number of anilines is 1. The Morgan fingerprint density at radius 2 is 2.21 bits per heavy atom. The van der Waals surface area contributed by atoms with E-state index in [1.165, 1.54) is 0 Å². The van der Waals surface area contributed by atoms with Gasteiger partial charge < -0.3 is 14.5 Å². The van der Waals surface area contributed by atoms with Crippen molar-refractivity contribution in [1.82, 2.24) is 9.88 Å². The van der Waals surface area contributed by atoms with Crippen LogP contribution in [0, 0.1) is 5.92 Å². The minimum atomic E-state index is 0.0835. The number of hydrogen-bond acceptors (Lipinski definition) is 5. The Hall–Kier alpha value is -1.82. The number of hydrogen-bond donors (Lipinski definition) is 0. The third kappa shape index (κ3) is 3.34. The van der Waals surface area contributed by atoms with Crippen molar-refractivity contribution in [2.75, 3.05) is 38.2 Å². The van der Waals surface area contributed by atoms with Crippen molar-refractivity contribution in [3.63, 3.8) is 0 Å². The molecule has 0 radical (unpaired) electrons. The Bertz CT molecular complexity index is 711. The summed E-state index contributed by atoms with van der Waals surface area (Å²) in [5.74, 6) is 1.22. The molecule has 24 heavy (non-hydrogen) atoms. The molecule has 1 aliphatic heterocycles. The lowest BCUT2D eigenvalue weighted by Crippen LogP contribution is -2.44. The fourth-order valence-electron chi connectivity index (χ4n) is 3.30. The predicted molar refractivity (Wildman–Crippen MR) is 99.0 cm³/mol. The monoisotopic (exact) mass is 347 g/mol. The normalized spacial score (nSPS) is 18.0. The predicted octanol–water partition coefficient (Wildman–Crippen LogP) is 3.39. The first-order chi connectivity index (χ1) is 11.7. The number of fused-ring (bicyclic) bond motifs is 1. The van der Waals surface area contributed by atoms with Gasteiger partial charge in [0.2, 0.25) is 5.91 Å². The summed E-state index contributed by atoms with van der Waals surface area (Å²) in [6, 6.07) is 5.96. The number of carbonyl (C=O) groups is 1. The summed E-state index contributed by atoms with van der Waals surface area (Å²) in [7, 11) is 1.68. The van der Waals surface area contributed by atoms with Crippen LogP contribution in [0.15, 0.2) is 18.2 Å². The maximum Gasteiger partial charge on any atom is 0.227 e. The van der Waals surface area contributed by atoms with Gasteiger partial charge in [-0.1, -0.05) is 11.3 Å². The maximum atomic E-state index is 12.7. The van der Waals surface area contributed by atoms with Gasteiger partial charge in [-0.15, -0.1) is 0 Å². The number of amides is 1. The number of aromatic nitrogens is 1. The average molecular weight is 347 g/mol. The zero-order valence-electron chi connectivity index (χ0n) is 14.6. The molecule has 0 N–H and O–H groups in total. The van der Waals surface area contributed by atoms with Gasteiger partial charge in [-0.25, -0.2) is 4.98 Å². The summed E-state index contributed by atoms with van der Waals surface area (Å²) in [6.07, 6.45) is 2.02. The molecule has 1 saturated heterocycles. The summed E-state index contributed by atoms with van der Waals surface area (Å²) < 4.78 is 6.42. The number of rotatable bonds is 5. The highest BCUT2D eigenvalue weighted by Gasteiger charge is 2.29. The smallest absolute Gasteiger partial charge is 0.227 e. The lowest BCUT2D eigenvalue weighted by atomic mass is 9.97. The molecule has 0 aliphatic carbocycles. The van der Waals surface area contributed by atoms with Gasteiger partial charge in [-0.2, -0.15) is 0 Å².